The minimum Gasteiger partial charge on any atom is -0.350 e. The van der Waals surface area contributed by atoms with E-state index in [2.05, 4.69) is 10.3 Å². The molecule has 2 heterocycles. The minimum absolute atomic E-state index is 0.0968. The Morgan fingerprint density at radius 3 is 2.68 bits per heavy atom. The molecule has 1 amide bonds. The number of hydrogen-bond donors (Lipinski definition) is 1. The van der Waals surface area contributed by atoms with E-state index in [0.717, 1.165) is 10.9 Å². The van der Waals surface area contributed by atoms with Crippen LogP contribution in [0.1, 0.15) is 24.2 Å². The predicted molar refractivity (Wildman–Crippen MR) is 105 cm³/mol. The summed E-state index contributed by atoms with van der Waals surface area (Å²) >= 11 is 0. The first-order chi connectivity index (χ1) is 13.5. The number of para-hydroxylation sites is 1. The lowest BCUT2D eigenvalue weighted by molar-refractivity contribution is -0.124. The highest BCUT2D eigenvalue weighted by molar-refractivity contribution is 5.94. The lowest BCUT2D eigenvalue weighted by atomic mass is 10.2. The van der Waals surface area contributed by atoms with Crippen molar-refractivity contribution in [2.24, 2.45) is 0 Å². The lowest BCUT2D eigenvalue weighted by Crippen LogP contribution is -2.32. The number of fused-ring (bicyclic) bond motifs is 3. The summed E-state index contributed by atoms with van der Waals surface area (Å²) in [4.78, 5) is 28.9. The fourth-order valence-corrected chi connectivity index (χ4v) is 3.47. The summed E-state index contributed by atoms with van der Waals surface area (Å²) in [5.41, 5.74) is 2.08. The van der Waals surface area contributed by atoms with Crippen molar-refractivity contribution in [2.45, 2.75) is 26.4 Å². The molecule has 7 heteroatoms. The van der Waals surface area contributed by atoms with E-state index in [9.17, 15) is 14.0 Å². The molecule has 1 unspecified atom stereocenters. The second kappa shape index (κ2) is 6.92. The van der Waals surface area contributed by atoms with Crippen molar-refractivity contribution in [2.75, 3.05) is 0 Å². The quantitative estimate of drug-likeness (QED) is 0.594. The highest BCUT2D eigenvalue weighted by atomic mass is 19.1. The number of aromatic nitrogens is 3. The Hall–Kier alpha value is -3.48. The summed E-state index contributed by atoms with van der Waals surface area (Å²) in [7, 11) is 0. The van der Waals surface area contributed by atoms with E-state index >= 15 is 0 Å². The molecule has 1 N–H and O–H groups in total. The van der Waals surface area contributed by atoms with E-state index < -0.39 is 6.04 Å². The van der Waals surface area contributed by atoms with E-state index in [4.69, 9.17) is 0 Å². The monoisotopic (exact) mass is 378 g/mol. The zero-order chi connectivity index (χ0) is 19.8. The van der Waals surface area contributed by atoms with Crippen LogP contribution in [0.2, 0.25) is 0 Å². The smallest absolute Gasteiger partial charge is 0.273 e. The number of carbonyl (C=O) groups excluding carboxylic acids is 1. The summed E-state index contributed by atoms with van der Waals surface area (Å²) in [5.74, 6) is -0.617. The number of halogens is 1. The number of benzene rings is 2. The highest BCUT2D eigenvalue weighted by Gasteiger charge is 2.22. The van der Waals surface area contributed by atoms with Crippen LogP contribution >= 0.6 is 0 Å². The van der Waals surface area contributed by atoms with Gasteiger partial charge < -0.3 is 5.32 Å². The predicted octanol–water partition coefficient (Wildman–Crippen LogP) is 2.97. The van der Waals surface area contributed by atoms with Crippen LogP contribution in [0.15, 0.2) is 59.4 Å². The molecule has 4 rings (SSSR count). The van der Waals surface area contributed by atoms with E-state index in [1.54, 1.807) is 36.6 Å². The number of aryl methyl sites for hydroxylation is 1. The Morgan fingerprint density at radius 2 is 1.89 bits per heavy atom. The topological polar surface area (TPSA) is 68.4 Å². The number of rotatable bonds is 4. The Balaban J connectivity index is 1.76. The molecule has 0 radical (unpaired) electrons. The summed E-state index contributed by atoms with van der Waals surface area (Å²) in [6.07, 6.45) is 0. The molecule has 4 aromatic rings. The first-order valence-electron chi connectivity index (χ1n) is 8.98. The summed E-state index contributed by atoms with van der Waals surface area (Å²) in [5, 5.41) is 3.58. The molecule has 1 atom stereocenters. The Bertz CT molecular complexity index is 1260. The third kappa shape index (κ3) is 2.94. The number of amides is 1. The molecular weight excluding hydrogens is 359 g/mol. The molecule has 0 fully saturated rings. The first kappa shape index (κ1) is 17.9. The van der Waals surface area contributed by atoms with Gasteiger partial charge in [-0.2, -0.15) is 4.98 Å². The van der Waals surface area contributed by atoms with Crippen LogP contribution in [0.4, 0.5) is 4.39 Å². The number of nitrogens with one attached hydrogen (secondary N) is 1. The Morgan fingerprint density at radius 1 is 1.18 bits per heavy atom. The van der Waals surface area contributed by atoms with Gasteiger partial charge in [0.1, 0.15) is 11.9 Å². The molecular formula is C21H19FN4O2. The molecule has 0 spiro atoms. The van der Waals surface area contributed by atoms with Crippen LogP contribution in [0.5, 0.6) is 0 Å². The molecule has 0 saturated heterocycles. The maximum Gasteiger partial charge on any atom is 0.273 e. The van der Waals surface area contributed by atoms with Crippen LogP contribution in [-0.2, 0) is 11.3 Å². The fraction of sp³-hybridized carbons (Fsp3) is 0.190. The van der Waals surface area contributed by atoms with Gasteiger partial charge in [0.15, 0.2) is 5.65 Å². The van der Waals surface area contributed by atoms with Gasteiger partial charge in [0, 0.05) is 29.3 Å². The van der Waals surface area contributed by atoms with Gasteiger partial charge in [0.05, 0.1) is 5.52 Å². The zero-order valence-corrected chi connectivity index (χ0v) is 15.5. The average Bonchev–Trinajstić information content (AvgIpc) is 3.01. The van der Waals surface area contributed by atoms with Gasteiger partial charge in [0.2, 0.25) is 5.91 Å². The van der Waals surface area contributed by atoms with Crippen molar-refractivity contribution in [1.29, 1.82) is 0 Å². The standard InChI is InChI=1S/C21H19FN4O2/c1-13-11-19(27)24-20-16-8-4-6-10-18(16)26(25(13)20)14(2)21(28)23-12-15-7-3-5-9-17(15)22/h3-11,14H,12H2,1-2H3,(H,23,28). The van der Waals surface area contributed by atoms with Crippen LogP contribution in [0, 0.1) is 12.7 Å². The first-order valence-corrected chi connectivity index (χ1v) is 8.98. The van der Waals surface area contributed by atoms with Gasteiger partial charge in [-0.05, 0) is 32.0 Å². The number of carbonyl (C=O) groups is 1. The van der Waals surface area contributed by atoms with Crippen LogP contribution in [0.3, 0.4) is 0 Å². The molecule has 0 aliphatic heterocycles. The molecule has 0 bridgehead atoms. The van der Waals surface area contributed by atoms with E-state index in [1.165, 1.54) is 12.1 Å². The van der Waals surface area contributed by atoms with Crippen molar-refractivity contribution in [3.63, 3.8) is 0 Å². The van der Waals surface area contributed by atoms with Crippen molar-refractivity contribution >= 4 is 22.5 Å². The van der Waals surface area contributed by atoms with Crippen molar-refractivity contribution in [3.05, 3.63) is 82.0 Å². The van der Waals surface area contributed by atoms with Gasteiger partial charge in [-0.1, -0.05) is 30.3 Å². The molecule has 0 aliphatic carbocycles. The van der Waals surface area contributed by atoms with Crippen molar-refractivity contribution < 1.29 is 9.18 Å². The van der Waals surface area contributed by atoms with Gasteiger partial charge in [-0.15, -0.1) is 0 Å². The Labute approximate surface area is 160 Å². The van der Waals surface area contributed by atoms with Gasteiger partial charge in [-0.3, -0.25) is 14.3 Å². The van der Waals surface area contributed by atoms with Gasteiger partial charge in [0.25, 0.3) is 5.56 Å². The van der Waals surface area contributed by atoms with E-state index in [1.807, 2.05) is 28.9 Å². The molecule has 2 aromatic carbocycles. The number of hydrogen-bond acceptors (Lipinski definition) is 3. The largest absolute Gasteiger partial charge is 0.350 e. The summed E-state index contributed by atoms with van der Waals surface area (Å²) < 4.78 is 17.4. The number of nitrogens with zero attached hydrogens (tertiary/aromatic N) is 3. The third-order valence-electron chi connectivity index (χ3n) is 4.85. The normalized spacial score (nSPS) is 12.4. The Kier molecular flexibility index (Phi) is 4.43. The van der Waals surface area contributed by atoms with Gasteiger partial charge >= 0.3 is 0 Å². The van der Waals surface area contributed by atoms with Crippen LogP contribution in [-0.4, -0.2) is 20.1 Å². The molecule has 28 heavy (non-hydrogen) atoms. The highest BCUT2D eigenvalue weighted by Crippen LogP contribution is 2.25. The molecule has 142 valence electrons. The molecule has 6 nitrogen and oxygen atoms in total. The fourth-order valence-electron chi connectivity index (χ4n) is 3.47. The maximum atomic E-state index is 13.8. The SMILES string of the molecule is Cc1cc(=O)nc2c3ccccc3n(C(C)C(=O)NCc3ccccc3F)n12. The third-order valence-corrected chi connectivity index (χ3v) is 4.85. The second-order valence-electron chi connectivity index (χ2n) is 6.72. The lowest BCUT2D eigenvalue weighted by Gasteiger charge is -2.18. The molecule has 0 aliphatic rings. The van der Waals surface area contributed by atoms with Crippen molar-refractivity contribution in [3.8, 4) is 0 Å². The summed E-state index contributed by atoms with van der Waals surface area (Å²) in [6, 6.07) is 14.7. The van der Waals surface area contributed by atoms with Crippen molar-refractivity contribution in [1.82, 2.24) is 19.5 Å². The minimum atomic E-state index is -0.600. The van der Waals surface area contributed by atoms with Crippen LogP contribution < -0.4 is 10.9 Å². The molecule has 2 aromatic heterocycles. The van der Waals surface area contributed by atoms with E-state index in [0.29, 0.717) is 16.9 Å². The second-order valence-corrected chi connectivity index (χ2v) is 6.72. The van der Waals surface area contributed by atoms with E-state index in [-0.39, 0.29) is 23.8 Å². The van der Waals surface area contributed by atoms with Crippen LogP contribution in [0.25, 0.3) is 16.6 Å². The zero-order valence-electron chi connectivity index (χ0n) is 15.5. The average molecular weight is 378 g/mol. The summed E-state index contributed by atoms with van der Waals surface area (Å²) in [6.45, 7) is 3.66. The van der Waals surface area contributed by atoms with Gasteiger partial charge in [-0.25, -0.2) is 8.91 Å². The molecule has 0 saturated carbocycles. The maximum absolute atomic E-state index is 13.8.